The number of allylic oxidation sites excluding steroid dienone is 2. The summed E-state index contributed by atoms with van der Waals surface area (Å²) in [7, 11) is 0. The van der Waals surface area contributed by atoms with Crippen LogP contribution in [0.25, 0.3) is 0 Å². The molecule has 0 unspecified atom stereocenters. The van der Waals surface area contributed by atoms with Crippen molar-refractivity contribution in [1.82, 2.24) is 0 Å². The molecule has 0 saturated carbocycles. The number of hydrogen-bond acceptors (Lipinski definition) is 3. The van der Waals surface area contributed by atoms with Gasteiger partial charge in [0.1, 0.15) is 0 Å². The Labute approximate surface area is 175 Å². The average molecular weight is 458 g/mol. The van der Waals surface area contributed by atoms with E-state index in [0.717, 1.165) is 11.1 Å². The van der Waals surface area contributed by atoms with Gasteiger partial charge in [0, 0.05) is 0 Å². The Morgan fingerprint density at radius 3 is 2.00 bits per heavy atom. The Kier molecular flexibility index (Phi) is 6.71. The number of hydrogen-bond donors (Lipinski definition) is 0. The number of aliphatic imine (C=N–C) groups is 2. The lowest BCUT2D eigenvalue weighted by Gasteiger charge is -2.22. The largest absolute Gasteiger partial charge is 0.250 e. The number of nitrogens with zero attached hydrogens (tertiary/aromatic N) is 3. The highest BCUT2D eigenvalue weighted by Gasteiger charge is 2.35. The summed E-state index contributed by atoms with van der Waals surface area (Å²) in [6, 6.07) is 9.01. The Morgan fingerprint density at radius 2 is 1.52 bits per heavy atom. The smallest absolute Gasteiger partial charge is 0.233 e. The Bertz CT molecular complexity index is 789. The number of nitriles is 1. The summed E-state index contributed by atoms with van der Waals surface area (Å²) in [4.78, 5) is 8.64. The van der Waals surface area contributed by atoms with Gasteiger partial charge in [0.25, 0.3) is 0 Å². The molecule has 0 aromatic heterocycles. The molecule has 132 valence electrons. The van der Waals surface area contributed by atoms with Gasteiger partial charge in [0.2, 0.25) is 7.59 Å². The third-order valence-electron chi connectivity index (χ3n) is 3.47. The molecule has 0 bridgehead atoms. The van der Waals surface area contributed by atoms with Gasteiger partial charge in [0.15, 0.2) is 5.84 Å². The van der Waals surface area contributed by atoms with E-state index in [1.54, 1.807) is 31.2 Å². The lowest BCUT2D eigenvalue weighted by Crippen LogP contribution is -2.23. The fourth-order valence-electron chi connectivity index (χ4n) is 2.21. The highest BCUT2D eigenvalue weighted by atomic mass is 35.6. The highest BCUT2D eigenvalue weighted by molar-refractivity contribution is 6.77. The quantitative estimate of drug-likeness (QED) is 0.441. The van der Waals surface area contributed by atoms with Gasteiger partial charge in [-0.2, -0.15) is 5.26 Å². The van der Waals surface area contributed by atoms with Crippen LogP contribution in [0.1, 0.15) is 30.9 Å². The molecular weight excluding hydrogens is 447 g/mol. The van der Waals surface area contributed by atoms with Crippen LogP contribution >= 0.6 is 69.6 Å². The second-order valence-corrected chi connectivity index (χ2v) is 9.87. The molecule has 1 heterocycles. The van der Waals surface area contributed by atoms with E-state index in [9.17, 15) is 0 Å². The first-order valence-corrected chi connectivity index (χ1v) is 9.30. The summed E-state index contributed by atoms with van der Waals surface area (Å²) in [5.41, 5.74) is 2.96. The van der Waals surface area contributed by atoms with Gasteiger partial charge in [-0.05, 0) is 43.0 Å². The van der Waals surface area contributed by atoms with Crippen molar-refractivity contribution >= 4 is 81.2 Å². The van der Waals surface area contributed by atoms with Crippen LogP contribution in [0, 0.1) is 11.3 Å². The predicted octanol–water partition coefficient (Wildman–Crippen LogP) is 6.55. The van der Waals surface area contributed by atoms with Crippen LogP contribution in [0.2, 0.25) is 0 Å². The first-order chi connectivity index (χ1) is 11.5. The summed E-state index contributed by atoms with van der Waals surface area (Å²) >= 11 is 36.0. The number of amidine groups is 1. The van der Waals surface area contributed by atoms with Crippen molar-refractivity contribution in [1.29, 1.82) is 5.26 Å². The molecule has 1 aromatic rings. The monoisotopic (exact) mass is 455 g/mol. The Morgan fingerprint density at radius 1 is 0.920 bits per heavy atom. The van der Waals surface area contributed by atoms with E-state index < -0.39 is 7.59 Å². The minimum Gasteiger partial charge on any atom is -0.233 e. The molecular formula is C16H11Cl6N3. The van der Waals surface area contributed by atoms with Crippen LogP contribution in [-0.2, 0) is 0 Å². The first kappa shape index (κ1) is 20.8. The average Bonchev–Trinajstić information content (AvgIpc) is 2.49. The maximum absolute atomic E-state index is 8.91. The van der Waals surface area contributed by atoms with Gasteiger partial charge in [-0.1, -0.05) is 81.7 Å². The maximum atomic E-state index is 8.91. The number of rotatable bonds is 1. The van der Waals surface area contributed by atoms with Crippen molar-refractivity contribution in [3.05, 3.63) is 46.7 Å². The normalized spacial score (nSPS) is 19.4. The highest BCUT2D eigenvalue weighted by Crippen LogP contribution is 2.41. The van der Waals surface area contributed by atoms with Gasteiger partial charge in [0.05, 0.1) is 23.0 Å². The summed E-state index contributed by atoms with van der Waals surface area (Å²) in [6.07, 6.45) is 1.10. The van der Waals surface area contributed by atoms with Gasteiger partial charge in [-0.3, -0.25) is 0 Å². The van der Waals surface area contributed by atoms with Crippen molar-refractivity contribution in [3.8, 4) is 6.07 Å². The lowest BCUT2D eigenvalue weighted by atomic mass is 10.00. The van der Waals surface area contributed by atoms with E-state index in [4.69, 9.17) is 74.9 Å². The predicted molar refractivity (Wildman–Crippen MR) is 108 cm³/mol. The molecule has 0 spiro atoms. The van der Waals surface area contributed by atoms with Crippen molar-refractivity contribution in [2.45, 2.75) is 27.4 Å². The van der Waals surface area contributed by atoms with Crippen molar-refractivity contribution < 1.29 is 0 Å². The minimum absolute atomic E-state index is 0.0859. The van der Waals surface area contributed by atoms with E-state index in [1.807, 2.05) is 0 Å². The second kappa shape index (κ2) is 8.05. The third-order valence-corrected chi connectivity index (χ3v) is 4.51. The Hall–Kier alpha value is -0.470. The number of benzene rings is 1. The summed E-state index contributed by atoms with van der Waals surface area (Å²) in [6.45, 7) is 1.80. The summed E-state index contributed by atoms with van der Waals surface area (Å²) in [5.74, 6) is -0.0859. The second-order valence-electron chi connectivity index (χ2n) is 5.31. The van der Waals surface area contributed by atoms with E-state index in [2.05, 4.69) is 16.1 Å². The van der Waals surface area contributed by atoms with Crippen molar-refractivity contribution in [3.63, 3.8) is 0 Å². The van der Waals surface area contributed by atoms with Gasteiger partial charge >= 0.3 is 0 Å². The maximum Gasteiger partial charge on any atom is 0.250 e. The summed E-state index contributed by atoms with van der Waals surface area (Å²) < 4.78 is -3.65. The van der Waals surface area contributed by atoms with Crippen LogP contribution in [-0.4, -0.2) is 19.1 Å². The number of halogens is 6. The topological polar surface area (TPSA) is 48.5 Å². The summed E-state index contributed by atoms with van der Waals surface area (Å²) in [5, 5.41) is 8.91. The molecule has 3 nitrogen and oxygen atoms in total. The standard InChI is InChI=1S/C16H11Cl6N3/c1-9-2-7-12(11-5-3-10(8-23)4-6-11)24-14(16(20,21)22)25-13(9)15(17,18)19/h3-6H,2,7H2,1H3/b13-9+,24-12?,25-14?. The first-order valence-electron chi connectivity index (χ1n) is 7.03. The minimum atomic E-state index is -1.89. The van der Waals surface area contributed by atoms with Crippen LogP contribution in [0.4, 0.5) is 0 Å². The molecule has 1 aliphatic heterocycles. The fourth-order valence-corrected chi connectivity index (χ4v) is 3.08. The zero-order valence-corrected chi connectivity index (χ0v) is 17.4. The molecule has 9 heteroatoms. The molecule has 0 saturated heterocycles. The third kappa shape index (κ3) is 5.50. The molecule has 2 rings (SSSR count). The van der Waals surface area contributed by atoms with Crippen LogP contribution in [0.3, 0.4) is 0 Å². The molecule has 0 radical (unpaired) electrons. The van der Waals surface area contributed by atoms with Crippen LogP contribution in [0.5, 0.6) is 0 Å². The lowest BCUT2D eigenvalue weighted by molar-refractivity contribution is 0.946. The van der Waals surface area contributed by atoms with E-state index in [1.165, 1.54) is 0 Å². The van der Waals surface area contributed by atoms with E-state index >= 15 is 0 Å². The van der Waals surface area contributed by atoms with E-state index in [0.29, 0.717) is 24.1 Å². The molecule has 0 fully saturated rings. The molecule has 1 aromatic carbocycles. The van der Waals surface area contributed by atoms with Gasteiger partial charge in [-0.25, -0.2) is 9.98 Å². The molecule has 0 amide bonds. The van der Waals surface area contributed by atoms with E-state index in [-0.39, 0.29) is 11.5 Å². The van der Waals surface area contributed by atoms with Crippen molar-refractivity contribution in [2.75, 3.05) is 0 Å². The van der Waals surface area contributed by atoms with Crippen LogP contribution in [0.15, 0.2) is 45.5 Å². The van der Waals surface area contributed by atoms with Crippen LogP contribution < -0.4 is 0 Å². The fraction of sp³-hybridized carbons (Fsp3) is 0.312. The zero-order chi connectivity index (χ0) is 18.8. The Balaban J connectivity index is 2.58. The molecule has 1 aliphatic rings. The molecule has 25 heavy (non-hydrogen) atoms. The molecule has 0 atom stereocenters. The van der Waals surface area contributed by atoms with Gasteiger partial charge < -0.3 is 0 Å². The molecule has 0 aliphatic carbocycles. The molecule has 0 N–H and O–H groups in total. The van der Waals surface area contributed by atoms with Gasteiger partial charge in [-0.15, -0.1) is 0 Å². The SMILES string of the molecule is C/C1=C(/C(Cl)(Cl)Cl)N=C(C(Cl)(Cl)Cl)N=C(c2ccc(C#N)cc2)CC1. The zero-order valence-electron chi connectivity index (χ0n) is 12.8. The number of alkyl halides is 6. The van der Waals surface area contributed by atoms with Crippen molar-refractivity contribution in [2.24, 2.45) is 9.98 Å².